The number of nitrogen functional groups attached to an aromatic ring is 1. The van der Waals surface area contributed by atoms with Crippen LogP contribution in [0.4, 0.5) is 5.13 Å². The number of carboxylic acid groups (broad SMARTS) is 1. The number of pyridine rings is 1. The minimum absolute atomic E-state index is 0.000216. The van der Waals surface area contributed by atoms with Crippen LogP contribution < -0.4 is 11.1 Å². The van der Waals surface area contributed by atoms with Crippen molar-refractivity contribution >= 4 is 69.8 Å². The van der Waals surface area contributed by atoms with Crippen LogP contribution in [-0.2, 0) is 19.2 Å². The number of oxime groups is 1. The molecule has 0 saturated carbocycles. The molecule has 4 heterocycles. The van der Waals surface area contributed by atoms with Gasteiger partial charge in [-0.1, -0.05) is 11.2 Å². The summed E-state index contributed by atoms with van der Waals surface area (Å²) in [5.41, 5.74) is 7.15. The number of nitrogens with one attached hydrogen (secondary N) is 1. The summed E-state index contributed by atoms with van der Waals surface area (Å²) in [6, 6.07) is 2.93. The second-order valence-electron chi connectivity index (χ2n) is 7.89. The van der Waals surface area contributed by atoms with E-state index in [9.17, 15) is 19.5 Å². The van der Waals surface area contributed by atoms with Gasteiger partial charge in [-0.25, -0.2) is 0 Å². The fourth-order valence-corrected chi connectivity index (χ4v) is 6.58. The quantitative estimate of drug-likeness (QED) is 0.233. The number of hydrogen-bond acceptors (Lipinski definition) is 12. The molecule has 2 aliphatic rings. The Morgan fingerprint density at radius 2 is 2.28 bits per heavy atom. The lowest BCUT2D eigenvalue weighted by molar-refractivity contribution is -0.151. The molecule has 2 fully saturated rings. The predicted molar refractivity (Wildman–Crippen MR) is 138 cm³/mol. The Hall–Kier alpha value is -3.17. The molecular weight excluding hydrogens is 526 g/mol. The highest BCUT2D eigenvalue weighted by atomic mass is 32.2. The molecule has 2 aliphatic heterocycles. The lowest BCUT2D eigenvalue weighted by atomic mass is 10.0. The van der Waals surface area contributed by atoms with E-state index in [0.717, 1.165) is 34.6 Å². The zero-order valence-corrected chi connectivity index (χ0v) is 21.7. The molecule has 15 heteroatoms. The van der Waals surface area contributed by atoms with Crippen LogP contribution in [-0.4, -0.2) is 82.9 Å². The molecule has 2 aromatic heterocycles. The van der Waals surface area contributed by atoms with Gasteiger partial charge < -0.3 is 25.9 Å². The Morgan fingerprint density at radius 1 is 1.47 bits per heavy atom. The summed E-state index contributed by atoms with van der Waals surface area (Å²) in [6.45, 7) is 3.81. The number of aromatic nitrogens is 3. The summed E-state index contributed by atoms with van der Waals surface area (Å²) in [6.07, 6.45) is 3.49. The number of rotatable bonds is 9. The first-order valence-electron chi connectivity index (χ1n) is 10.8. The smallest absolute Gasteiger partial charge is 0.322 e. The number of nitrogens with two attached hydrogens (primary N) is 1. The molecule has 0 aliphatic carbocycles. The minimum Gasteiger partial charge on any atom is -0.480 e. The molecular formula is C21H23N7O5S3. The number of amides is 2. The average molecular weight is 550 g/mol. The fourth-order valence-electron chi connectivity index (χ4n) is 3.48. The number of fused-ring (bicyclic) bond motifs is 1. The van der Waals surface area contributed by atoms with E-state index in [1.807, 2.05) is 19.1 Å². The molecule has 4 rings (SSSR count). The second-order valence-corrected chi connectivity index (χ2v) is 11.1. The molecule has 2 unspecified atom stereocenters. The highest BCUT2D eigenvalue weighted by molar-refractivity contribution is 8.06. The first-order chi connectivity index (χ1) is 17.2. The molecule has 4 N–H and O–H groups in total. The Labute approximate surface area is 218 Å². The average Bonchev–Trinajstić information content (AvgIpc) is 3.29. The van der Waals surface area contributed by atoms with Gasteiger partial charge >= 0.3 is 5.97 Å². The summed E-state index contributed by atoms with van der Waals surface area (Å²) in [5, 5.41) is 17.9. The molecule has 190 valence electrons. The molecule has 2 saturated heterocycles. The van der Waals surface area contributed by atoms with Gasteiger partial charge in [0.1, 0.15) is 22.8 Å². The minimum atomic E-state index is -1.22. The Morgan fingerprint density at radius 3 is 2.92 bits per heavy atom. The molecule has 36 heavy (non-hydrogen) atoms. The maximum Gasteiger partial charge on any atom is 0.322 e. The summed E-state index contributed by atoms with van der Waals surface area (Å²) in [7, 11) is 0. The predicted octanol–water partition coefficient (Wildman–Crippen LogP) is 1.19. The Kier molecular flexibility index (Phi) is 7.80. The van der Waals surface area contributed by atoms with E-state index in [1.165, 1.54) is 16.7 Å². The van der Waals surface area contributed by atoms with E-state index in [-0.39, 0.29) is 41.5 Å². The van der Waals surface area contributed by atoms with Gasteiger partial charge in [-0.3, -0.25) is 19.4 Å². The van der Waals surface area contributed by atoms with Gasteiger partial charge in [0.05, 0.1) is 0 Å². The fraction of sp³-hybridized carbons (Fsp3) is 0.381. The maximum absolute atomic E-state index is 12.9. The third-order valence-corrected chi connectivity index (χ3v) is 8.80. The molecule has 12 nitrogen and oxygen atoms in total. The van der Waals surface area contributed by atoms with Crippen molar-refractivity contribution < 1.29 is 24.3 Å². The van der Waals surface area contributed by atoms with Crippen LogP contribution in [0, 0.1) is 6.92 Å². The van der Waals surface area contributed by atoms with E-state index in [1.54, 1.807) is 24.6 Å². The number of aryl methyl sites for hydroxylation is 1. The van der Waals surface area contributed by atoms with Crippen molar-refractivity contribution in [1.29, 1.82) is 0 Å². The van der Waals surface area contributed by atoms with Gasteiger partial charge in [-0.15, -0.1) is 23.5 Å². The van der Waals surface area contributed by atoms with Gasteiger partial charge in [0, 0.05) is 35.7 Å². The van der Waals surface area contributed by atoms with Crippen molar-refractivity contribution in [3.05, 3.63) is 40.8 Å². The topological polar surface area (TPSA) is 173 Å². The van der Waals surface area contributed by atoms with Gasteiger partial charge in [-0.2, -0.15) is 9.36 Å². The highest BCUT2D eigenvalue weighted by Gasteiger charge is 2.57. The molecule has 2 aromatic rings. The van der Waals surface area contributed by atoms with Crippen LogP contribution in [0.2, 0.25) is 0 Å². The van der Waals surface area contributed by atoms with Crippen LogP contribution in [0.1, 0.15) is 24.0 Å². The molecule has 0 radical (unpaired) electrons. The molecule has 0 spiro atoms. The van der Waals surface area contributed by atoms with Crippen molar-refractivity contribution in [2.24, 2.45) is 5.16 Å². The molecule has 0 bridgehead atoms. The largest absolute Gasteiger partial charge is 0.480 e. The van der Waals surface area contributed by atoms with Crippen molar-refractivity contribution in [3.63, 3.8) is 0 Å². The van der Waals surface area contributed by atoms with E-state index < -0.39 is 28.0 Å². The van der Waals surface area contributed by atoms with E-state index in [2.05, 4.69) is 24.8 Å². The number of aliphatic carboxylic acids is 1. The number of thioether (sulfide) groups is 2. The monoisotopic (exact) mass is 549 g/mol. The van der Waals surface area contributed by atoms with Gasteiger partial charge in [-0.05, 0) is 37.0 Å². The van der Waals surface area contributed by atoms with Crippen LogP contribution in [0.15, 0.2) is 28.9 Å². The van der Waals surface area contributed by atoms with E-state index in [4.69, 9.17) is 10.6 Å². The van der Waals surface area contributed by atoms with Crippen molar-refractivity contribution in [1.82, 2.24) is 24.6 Å². The number of carbonyl (C=O) groups is 3. The molecule has 2 amide bonds. The second kappa shape index (κ2) is 10.8. The van der Waals surface area contributed by atoms with Crippen LogP contribution in [0.5, 0.6) is 0 Å². The lowest BCUT2D eigenvalue weighted by Crippen LogP contribution is -2.74. The number of nitrogens with zero attached hydrogens (tertiary/aromatic N) is 5. The Bertz CT molecular complexity index is 1220. The number of β-lactam (4-membered cyclic amide) rings is 1. The first kappa shape index (κ1) is 25.9. The van der Waals surface area contributed by atoms with Gasteiger partial charge in [0.25, 0.3) is 5.91 Å². The normalized spacial score (nSPS) is 23.8. The highest BCUT2D eigenvalue weighted by Crippen LogP contribution is 2.44. The van der Waals surface area contributed by atoms with Crippen molar-refractivity contribution in [2.75, 3.05) is 24.6 Å². The zero-order valence-electron chi connectivity index (χ0n) is 19.3. The number of carbonyl (C=O) groups excluding carboxylic acids is 2. The lowest BCUT2D eigenvalue weighted by Gasteiger charge is -2.53. The SMILES string of the molecule is CCON=C(C(=O)NC1C(=O)N2CC(SC=Cc3ccc(C)nc3)(C(=O)O)CS[C@H]12)c1nsc(N)n1. The maximum atomic E-state index is 12.9. The van der Waals surface area contributed by atoms with Crippen LogP contribution in [0.25, 0.3) is 6.08 Å². The molecule has 0 aromatic carbocycles. The van der Waals surface area contributed by atoms with Crippen LogP contribution in [0.3, 0.4) is 0 Å². The summed E-state index contributed by atoms with van der Waals surface area (Å²) >= 11 is 3.35. The number of anilines is 1. The summed E-state index contributed by atoms with van der Waals surface area (Å²) < 4.78 is 2.77. The van der Waals surface area contributed by atoms with Crippen LogP contribution >= 0.6 is 35.1 Å². The van der Waals surface area contributed by atoms with E-state index in [0.29, 0.717) is 0 Å². The Balaban J connectivity index is 1.42. The van der Waals surface area contributed by atoms with Crippen molar-refractivity contribution in [2.45, 2.75) is 30.0 Å². The third kappa shape index (κ3) is 5.32. The third-order valence-electron chi connectivity index (χ3n) is 5.37. The van der Waals surface area contributed by atoms with E-state index >= 15 is 0 Å². The van der Waals surface area contributed by atoms with Gasteiger partial charge in [0.15, 0.2) is 5.13 Å². The molecule has 3 atom stereocenters. The number of carboxylic acids is 1. The number of hydrogen-bond donors (Lipinski definition) is 3. The summed E-state index contributed by atoms with van der Waals surface area (Å²) in [5.74, 6) is -1.82. The standard InChI is InChI=1S/C21H23N7O5S3/c1-3-33-26-13(15-25-20(22)36-27-15)16(29)24-14-17(30)28-9-21(19(31)32,10-34-18(14)28)35-7-6-12-5-4-11(2)23-8-12/h4-8,14,18H,3,9-10H2,1-2H3,(H,24,29)(H,31,32)(H2,22,25,27)/t14?,18-,21?/m1/s1. The zero-order chi connectivity index (χ0) is 25.9. The summed E-state index contributed by atoms with van der Waals surface area (Å²) in [4.78, 5) is 52.7. The van der Waals surface area contributed by atoms with Gasteiger partial charge in [0.2, 0.25) is 17.4 Å². The van der Waals surface area contributed by atoms with Crippen molar-refractivity contribution in [3.8, 4) is 0 Å². The first-order valence-corrected chi connectivity index (χ1v) is 13.5.